The van der Waals surface area contributed by atoms with Crippen molar-refractivity contribution >= 4 is 15.7 Å². The summed E-state index contributed by atoms with van der Waals surface area (Å²) in [4.78, 5) is 12.0. The van der Waals surface area contributed by atoms with Gasteiger partial charge in [0.05, 0.1) is 11.7 Å². The summed E-state index contributed by atoms with van der Waals surface area (Å²) >= 11 is 0. The van der Waals surface area contributed by atoms with E-state index in [0.29, 0.717) is 23.7 Å². The molecule has 0 bridgehead atoms. The van der Waals surface area contributed by atoms with Crippen molar-refractivity contribution in [3.63, 3.8) is 0 Å². The average Bonchev–Trinajstić information content (AvgIpc) is 3.27. The predicted molar refractivity (Wildman–Crippen MR) is 107 cm³/mol. The van der Waals surface area contributed by atoms with Gasteiger partial charge in [-0.1, -0.05) is 25.0 Å². The van der Waals surface area contributed by atoms with Crippen LogP contribution in [0, 0.1) is 0 Å². The van der Waals surface area contributed by atoms with Gasteiger partial charge in [-0.2, -0.15) is 0 Å². The van der Waals surface area contributed by atoms with Crippen LogP contribution < -0.4 is 10.5 Å². The average molecular weight is 392 g/mol. The quantitative estimate of drug-likeness (QED) is 0.764. The predicted octanol–water partition coefficient (Wildman–Crippen LogP) is 3.87. The van der Waals surface area contributed by atoms with Crippen molar-refractivity contribution in [3.8, 4) is 5.75 Å². The van der Waals surface area contributed by atoms with Crippen molar-refractivity contribution in [3.05, 3.63) is 40.3 Å². The van der Waals surface area contributed by atoms with E-state index in [1.807, 2.05) is 6.07 Å². The summed E-state index contributed by atoms with van der Waals surface area (Å²) in [6.07, 6.45) is 12.2. The highest BCUT2D eigenvalue weighted by Gasteiger charge is 2.27. The normalized spacial score (nSPS) is 19.1. The Kier molecular flexibility index (Phi) is 6.25. The van der Waals surface area contributed by atoms with Crippen LogP contribution in [0.4, 0.5) is 0 Å². The summed E-state index contributed by atoms with van der Waals surface area (Å²) in [6, 6.07) is 3.77. The molecule has 148 valence electrons. The first-order valence-electron chi connectivity index (χ1n) is 9.84. The van der Waals surface area contributed by atoms with Crippen molar-refractivity contribution in [1.29, 1.82) is 0 Å². The number of benzene rings is 1. The van der Waals surface area contributed by atoms with Gasteiger partial charge in [0.2, 0.25) is 0 Å². The fraction of sp³-hybridized carbons (Fsp3) is 0.571. The summed E-state index contributed by atoms with van der Waals surface area (Å²) < 4.78 is 29.3. The van der Waals surface area contributed by atoms with Gasteiger partial charge in [0, 0.05) is 17.2 Å². The number of hydrogen-bond donors (Lipinski definition) is 1. The standard InChI is InChI=1S/C21H29NO4S/c1-27(24,25)14-6-11-18-17(15-7-2-3-8-15)12-13-19(21(22)23)20(18)26-16-9-4-5-10-16/h6,12-16H,2-5,7-11H2,1H3,(H2,22,23)/b14-6+. The number of hydrogen-bond acceptors (Lipinski definition) is 4. The van der Waals surface area contributed by atoms with Crippen LogP contribution in [0.15, 0.2) is 23.6 Å². The molecule has 2 N–H and O–H groups in total. The Morgan fingerprint density at radius 3 is 2.37 bits per heavy atom. The first-order valence-corrected chi connectivity index (χ1v) is 11.8. The van der Waals surface area contributed by atoms with E-state index in [0.717, 1.165) is 44.1 Å². The highest BCUT2D eigenvalue weighted by atomic mass is 32.2. The van der Waals surface area contributed by atoms with Gasteiger partial charge in [0.15, 0.2) is 9.84 Å². The topological polar surface area (TPSA) is 86.5 Å². The molecule has 0 atom stereocenters. The zero-order valence-corrected chi connectivity index (χ0v) is 16.8. The highest BCUT2D eigenvalue weighted by molar-refractivity contribution is 7.93. The summed E-state index contributed by atoms with van der Waals surface area (Å²) in [5.41, 5.74) is 8.11. The van der Waals surface area contributed by atoms with Gasteiger partial charge in [-0.25, -0.2) is 8.42 Å². The molecule has 3 rings (SSSR count). The fourth-order valence-corrected chi connectivity index (χ4v) is 4.76. The zero-order valence-electron chi connectivity index (χ0n) is 15.9. The Balaban J connectivity index is 2.04. The van der Waals surface area contributed by atoms with Crippen LogP contribution in [0.25, 0.3) is 0 Å². The second-order valence-electron chi connectivity index (χ2n) is 7.79. The minimum Gasteiger partial charge on any atom is -0.489 e. The third kappa shape index (κ3) is 5.12. The largest absolute Gasteiger partial charge is 0.489 e. The van der Waals surface area contributed by atoms with Crippen LogP contribution in [-0.4, -0.2) is 26.7 Å². The fourth-order valence-electron chi connectivity index (χ4n) is 4.32. The highest BCUT2D eigenvalue weighted by Crippen LogP contribution is 2.41. The molecule has 0 heterocycles. The van der Waals surface area contributed by atoms with E-state index >= 15 is 0 Å². The van der Waals surface area contributed by atoms with Crippen molar-refractivity contribution in [1.82, 2.24) is 0 Å². The third-order valence-electron chi connectivity index (χ3n) is 5.61. The van der Waals surface area contributed by atoms with E-state index in [2.05, 4.69) is 0 Å². The molecule has 27 heavy (non-hydrogen) atoms. The second-order valence-corrected chi connectivity index (χ2v) is 9.72. The SMILES string of the molecule is CS(=O)(=O)/C=C/Cc1c(C2CCCC2)ccc(C(N)=O)c1OC1CCCC1. The Morgan fingerprint density at radius 1 is 1.15 bits per heavy atom. The van der Waals surface area contributed by atoms with E-state index in [9.17, 15) is 13.2 Å². The van der Waals surface area contributed by atoms with Gasteiger partial charge in [-0.05, 0) is 62.5 Å². The lowest BCUT2D eigenvalue weighted by Gasteiger charge is -2.23. The molecule has 0 saturated heterocycles. The maximum absolute atomic E-state index is 12.0. The Morgan fingerprint density at radius 2 is 1.78 bits per heavy atom. The van der Waals surface area contributed by atoms with Gasteiger partial charge in [0.25, 0.3) is 5.91 Å². The number of carbonyl (C=O) groups is 1. The summed E-state index contributed by atoms with van der Waals surface area (Å²) in [5.74, 6) is 0.491. The van der Waals surface area contributed by atoms with Crippen molar-refractivity contribution in [2.45, 2.75) is 69.8 Å². The summed E-state index contributed by atoms with van der Waals surface area (Å²) in [7, 11) is -3.20. The molecule has 0 aliphatic heterocycles. The molecule has 1 aromatic carbocycles. The molecular weight excluding hydrogens is 362 g/mol. The lowest BCUT2D eigenvalue weighted by Crippen LogP contribution is -2.19. The molecule has 0 unspecified atom stereocenters. The van der Waals surface area contributed by atoms with E-state index in [4.69, 9.17) is 10.5 Å². The lowest BCUT2D eigenvalue weighted by atomic mass is 9.89. The van der Waals surface area contributed by atoms with Crippen molar-refractivity contribution in [2.75, 3.05) is 6.26 Å². The maximum atomic E-state index is 12.0. The number of carbonyl (C=O) groups excluding carboxylic acids is 1. The molecule has 2 fully saturated rings. The van der Waals surface area contributed by atoms with Crippen LogP contribution in [-0.2, 0) is 16.3 Å². The third-order valence-corrected chi connectivity index (χ3v) is 6.30. The van der Waals surface area contributed by atoms with E-state index in [1.165, 1.54) is 30.1 Å². The molecule has 1 amide bonds. The number of primary amides is 1. The molecule has 2 aliphatic carbocycles. The molecule has 1 aromatic rings. The minimum atomic E-state index is -3.20. The van der Waals surface area contributed by atoms with E-state index in [-0.39, 0.29) is 6.10 Å². The number of amides is 1. The van der Waals surface area contributed by atoms with Crippen LogP contribution >= 0.6 is 0 Å². The summed E-state index contributed by atoms with van der Waals surface area (Å²) in [5, 5.41) is 1.22. The Bertz CT molecular complexity index is 817. The second kappa shape index (κ2) is 8.46. The molecule has 5 nitrogen and oxygen atoms in total. The molecule has 2 saturated carbocycles. The van der Waals surface area contributed by atoms with Crippen LogP contribution in [0.3, 0.4) is 0 Å². The van der Waals surface area contributed by atoms with Gasteiger partial charge in [-0.3, -0.25) is 4.79 Å². The summed E-state index contributed by atoms with van der Waals surface area (Å²) in [6.45, 7) is 0. The maximum Gasteiger partial charge on any atom is 0.252 e. The number of allylic oxidation sites excluding steroid dienone is 1. The molecular formula is C21H29NO4S. The molecule has 6 heteroatoms. The number of ether oxygens (including phenoxy) is 1. The number of nitrogens with two attached hydrogens (primary N) is 1. The zero-order chi connectivity index (χ0) is 19.4. The van der Waals surface area contributed by atoms with Crippen molar-refractivity contribution < 1.29 is 17.9 Å². The van der Waals surface area contributed by atoms with Gasteiger partial charge in [0.1, 0.15) is 5.75 Å². The lowest BCUT2D eigenvalue weighted by molar-refractivity contribution is 0.0992. The Hall–Kier alpha value is -1.82. The van der Waals surface area contributed by atoms with Crippen LogP contribution in [0.1, 0.15) is 78.8 Å². The van der Waals surface area contributed by atoms with Crippen LogP contribution in [0.2, 0.25) is 0 Å². The molecule has 0 radical (unpaired) electrons. The number of sulfone groups is 1. The van der Waals surface area contributed by atoms with E-state index in [1.54, 1.807) is 12.1 Å². The van der Waals surface area contributed by atoms with Crippen LogP contribution in [0.5, 0.6) is 5.75 Å². The first-order chi connectivity index (χ1) is 12.8. The number of rotatable bonds is 7. The monoisotopic (exact) mass is 391 g/mol. The smallest absolute Gasteiger partial charge is 0.252 e. The van der Waals surface area contributed by atoms with E-state index < -0.39 is 15.7 Å². The molecule has 2 aliphatic rings. The van der Waals surface area contributed by atoms with Gasteiger partial charge >= 0.3 is 0 Å². The molecule has 0 spiro atoms. The molecule has 0 aromatic heterocycles. The van der Waals surface area contributed by atoms with Gasteiger partial charge in [-0.15, -0.1) is 0 Å². The van der Waals surface area contributed by atoms with Gasteiger partial charge < -0.3 is 10.5 Å². The first kappa shape index (κ1) is 19.9. The minimum absolute atomic E-state index is 0.0968. The Labute approximate surface area is 161 Å². The van der Waals surface area contributed by atoms with Crippen molar-refractivity contribution in [2.24, 2.45) is 5.73 Å².